The molecular formula is C17H25Cl2N3O2S. The van der Waals surface area contributed by atoms with Crippen LogP contribution in [0, 0.1) is 0 Å². The van der Waals surface area contributed by atoms with Gasteiger partial charge in [-0.3, -0.25) is 0 Å². The molecule has 0 bridgehead atoms. The van der Waals surface area contributed by atoms with E-state index in [0.29, 0.717) is 17.0 Å². The molecule has 2 heterocycles. The van der Waals surface area contributed by atoms with Gasteiger partial charge in [0.15, 0.2) is 0 Å². The predicted molar refractivity (Wildman–Crippen MR) is 108 cm³/mol. The first-order valence-electron chi connectivity index (χ1n) is 8.53. The van der Waals surface area contributed by atoms with Crippen molar-refractivity contribution in [3.05, 3.63) is 29.4 Å². The van der Waals surface area contributed by atoms with E-state index in [-0.39, 0.29) is 18.2 Å². The van der Waals surface area contributed by atoms with Crippen molar-refractivity contribution < 1.29 is 8.42 Å². The summed E-state index contributed by atoms with van der Waals surface area (Å²) in [5.74, 6) is 0.152. The molecule has 0 radical (unpaired) electrons. The summed E-state index contributed by atoms with van der Waals surface area (Å²) < 4.78 is 26.8. The summed E-state index contributed by atoms with van der Waals surface area (Å²) in [5.41, 5.74) is 1.66. The molecule has 1 saturated heterocycles. The Kier molecular flexibility index (Phi) is 7.02. The van der Waals surface area contributed by atoms with Gasteiger partial charge in [-0.2, -0.15) is 0 Å². The maximum Gasteiger partial charge on any atom is 0.239 e. The van der Waals surface area contributed by atoms with Crippen LogP contribution in [-0.2, 0) is 10.0 Å². The van der Waals surface area contributed by atoms with Crippen LogP contribution in [0.2, 0.25) is 5.02 Å². The lowest BCUT2D eigenvalue weighted by Gasteiger charge is -2.30. The van der Waals surface area contributed by atoms with Crippen LogP contribution in [0.4, 0.5) is 5.69 Å². The molecule has 0 saturated carbocycles. The lowest BCUT2D eigenvalue weighted by molar-refractivity contribution is 0.584. The van der Waals surface area contributed by atoms with Crippen LogP contribution in [0.5, 0.6) is 0 Å². The molecule has 0 amide bonds. The second kappa shape index (κ2) is 8.62. The number of anilines is 1. The zero-order valence-electron chi connectivity index (χ0n) is 14.4. The smallest absolute Gasteiger partial charge is 0.239 e. The van der Waals surface area contributed by atoms with Crippen molar-refractivity contribution in [2.45, 2.75) is 26.2 Å². The standard InChI is InChI=1S/C17H24ClN3O2S.ClH/c1-2-3-4-13-24(22,23)21-10-7-14-16(6-5-15(18)17(14)21)20-11-8-19-9-12-20;/h5-7,10,19H,2-4,8-9,11-13H2,1H3;1H. The Morgan fingerprint density at radius 2 is 1.88 bits per heavy atom. The number of hydrogen-bond acceptors (Lipinski definition) is 4. The van der Waals surface area contributed by atoms with E-state index in [0.717, 1.165) is 50.1 Å². The number of unbranched alkanes of at least 4 members (excludes halogenated alkanes) is 2. The molecule has 1 aliphatic rings. The molecule has 0 atom stereocenters. The van der Waals surface area contributed by atoms with Crippen LogP contribution < -0.4 is 10.2 Å². The predicted octanol–water partition coefficient (Wildman–Crippen LogP) is 3.49. The molecule has 1 aromatic carbocycles. The first-order chi connectivity index (χ1) is 11.5. The summed E-state index contributed by atoms with van der Waals surface area (Å²) in [6.45, 7) is 5.74. The van der Waals surface area contributed by atoms with E-state index >= 15 is 0 Å². The van der Waals surface area contributed by atoms with Gasteiger partial charge in [0.25, 0.3) is 0 Å². The van der Waals surface area contributed by atoms with Gasteiger partial charge in [-0.1, -0.05) is 31.4 Å². The summed E-state index contributed by atoms with van der Waals surface area (Å²) in [7, 11) is -3.38. The third-order valence-electron chi connectivity index (χ3n) is 4.51. The number of nitrogens with one attached hydrogen (secondary N) is 1. The molecule has 1 N–H and O–H groups in total. The highest BCUT2D eigenvalue weighted by atomic mass is 35.5. The minimum Gasteiger partial charge on any atom is -0.368 e. The second-order valence-electron chi connectivity index (χ2n) is 6.20. The van der Waals surface area contributed by atoms with Gasteiger partial charge in [0.1, 0.15) is 0 Å². The van der Waals surface area contributed by atoms with Crippen LogP contribution in [0.15, 0.2) is 24.4 Å². The molecule has 25 heavy (non-hydrogen) atoms. The van der Waals surface area contributed by atoms with Crippen molar-refractivity contribution in [3.63, 3.8) is 0 Å². The van der Waals surface area contributed by atoms with Crippen molar-refractivity contribution in [3.8, 4) is 0 Å². The second-order valence-corrected chi connectivity index (χ2v) is 8.57. The molecular weight excluding hydrogens is 381 g/mol. The van der Waals surface area contributed by atoms with E-state index in [4.69, 9.17) is 11.6 Å². The Morgan fingerprint density at radius 3 is 2.56 bits per heavy atom. The normalized spacial score (nSPS) is 15.4. The van der Waals surface area contributed by atoms with E-state index in [1.165, 1.54) is 3.97 Å². The van der Waals surface area contributed by atoms with Crippen LogP contribution >= 0.6 is 24.0 Å². The van der Waals surface area contributed by atoms with Crippen molar-refractivity contribution in [2.24, 2.45) is 0 Å². The zero-order valence-corrected chi connectivity index (χ0v) is 16.8. The quantitative estimate of drug-likeness (QED) is 0.747. The first-order valence-corrected chi connectivity index (χ1v) is 10.5. The molecule has 140 valence electrons. The highest BCUT2D eigenvalue weighted by Gasteiger charge is 2.21. The third kappa shape index (κ3) is 4.25. The molecule has 1 aromatic heterocycles. The Balaban J connectivity index is 0.00000225. The van der Waals surface area contributed by atoms with Gasteiger partial charge in [-0.05, 0) is 24.6 Å². The van der Waals surface area contributed by atoms with Gasteiger partial charge in [0, 0.05) is 43.4 Å². The van der Waals surface area contributed by atoms with E-state index < -0.39 is 10.0 Å². The summed E-state index contributed by atoms with van der Waals surface area (Å²) in [5, 5.41) is 4.72. The number of benzene rings is 1. The van der Waals surface area contributed by atoms with E-state index in [9.17, 15) is 8.42 Å². The van der Waals surface area contributed by atoms with Crippen molar-refractivity contribution in [1.29, 1.82) is 0 Å². The molecule has 5 nitrogen and oxygen atoms in total. The molecule has 0 aliphatic carbocycles. The maximum atomic E-state index is 12.7. The molecule has 2 aromatic rings. The van der Waals surface area contributed by atoms with Gasteiger partial charge < -0.3 is 10.2 Å². The van der Waals surface area contributed by atoms with Gasteiger partial charge in [0.2, 0.25) is 10.0 Å². The topological polar surface area (TPSA) is 54.3 Å². The van der Waals surface area contributed by atoms with E-state index in [1.54, 1.807) is 12.3 Å². The molecule has 0 spiro atoms. The highest BCUT2D eigenvalue weighted by Crippen LogP contribution is 2.34. The number of hydrogen-bond donors (Lipinski definition) is 1. The third-order valence-corrected chi connectivity index (χ3v) is 6.52. The lowest BCUT2D eigenvalue weighted by Crippen LogP contribution is -2.43. The fraction of sp³-hybridized carbons (Fsp3) is 0.529. The Hall–Kier alpha value is -0.950. The molecule has 1 fully saturated rings. The number of fused-ring (bicyclic) bond motifs is 1. The van der Waals surface area contributed by atoms with E-state index in [2.05, 4.69) is 17.1 Å². The monoisotopic (exact) mass is 405 g/mol. The largest absolute Gasteiger partial charge is 0.368 e. The van der Waals surface area contributed by atoms with Crippen molar-refractivity contribution in [2.75, 3.05) is 36.8 Å². The summed E-state index contributed by atoms with van der Waals surface area (Å²) in [6.07, 6.45) is 4.23. The number of rotatable bonds is 6. The number of piperazine rings is 1. The van der Waals surface area contributed by atoms with Crippen LogP contribution in [-0.4, -0.2) is 44.3 Å². The lowest BCUT2D eigenvalue weighted by atomic mass is 10.2. The van der Waals surface area contributed by atoms with Crippen LogP contribution in [0.25, 0.3) is 10.9 Å². The summed E-state index contributed by atoms with van der Waals surface area (Å²) in [6, 6.07) is 5.67. The van der Waals surface area contributed by atoms with Gasteiger partial charge in [-0.25, -0.2) is 12.4 Å². The van der Waals surface area contributed by atoms with Gasteiger partial charge in [-0.15, -0.1) is 12.4 Å². The fourth-order valence-electron chi connectivity index (χ4n) is 3.22. The minimum atomic E-state index is -3.38. The van der Waals surface area contributed by atoms with Crippen molar-refractivity contribution in [1.82, 2.24) is 9.29 Å². The SMILES string of the molecule is CCCCCS(=O)(=O)n1ccc2c(N3CCNCC3)ccc(Cl)c21.Cl. The summed E-state index contributed by atoms with van der Waals surface area (Å²) >= 11 is 6.37. The average molecular weight is 406 g/mol. The van der Waals surface area contributed by atoms with Gasteiger partial charge in [0.05, 0.1) is 16.3 Å². The van der Waals surface area contributed by atoms with E-state index in [1.807, 2.05) is 12.1 Å². The number of halogens is 2. The molecule has 1 aliphatic heterocycles. The van der Waals surface area contributed by atoms with Crippen molar-refractivity contribution >= 4 is 50.6 Å². The van der Waals surface area contributed by atoms with Gasteiger partial charge >= 0.3 is 0 Å². The van der Waals surface area contributed by atoms with Crippen LogP contribution in [0.1, 0.15) is 26.2 Å². The first kappa shape index (κ1) is 20.4. The Labute approximate surface area is 160 Å². The zero-order chi connectivity index (χ0) is 17.2. The number of nitrogens with zero attached hydrogens (tertiary/aromatic N) is 2. The molecule has 3 rings (SSSR count). The maximum absolute atomic E-state index is 12.7. The molecule has 8 heteroatoms. The number of aromatic nitrogens is 1. The Morgan fingerprint density at radius 1 is 1.16 bits per heavy atom. The molecule has 0 unspecified atom stereocenters. The van der Waals surface area contributed by atoms with Crippen LogP contribution in [0.3, 0.4) is 0 Å². The highest BCUT2D eigenvalue weighted by molar-refractivity contribution is 7.90. The summed E-state index contributed by atoms with van der Waals surface area (Å²) in [4.78, 5) is 2.28. The average Bonchev–Trinajstić information content (AvgIpc) is 3.03. The minimum absolute atomic E-state index is 0. The fourth-order valence-corrected chi connectivity index (χ4v) is 5.01. The Bertz CT molecular complexity index is 815.